The highest BCUT2D eigenvalue weighted by molar-refractivity contribution is 6.00. The van der Waals surface area contributed by atoms with Crippen molar-refractivity contribution in [2.45, 2.75) is 25.4 Å². The molecule has 2 amide bonds. The van der Waals surface area contributed by atoms with Gasteiger partial charge in [-0.15, -0.1) is 0 Å². The minimum Gasteiger partial charge on any atom is -0.508 e. The molecule has 8 heteroatoms. The summed E-state index contributed by atoms with van der Waals surface area (Å²) in [5, 5.41) is 11.5. The highest BCUT2D eigenvalue weighted by Crippen LogP contribution is 2.21. The Labute approximate surface area is 186 Å². The SMILES string of the molecule is NC(=O)[C@@H](CCCN=C(N)N)N(Cc1ccc(O)cc1)C(=O)c1ccc2ccccc2c1. The van der Waals surface area contributed by atoms with Gasteiger partial charge >= 0.3 is 0 Å². The summed E-state index contributed by atoms with van der Waals surface area (Å²) in [4.78, 5) is 31.3. The molecule has 1 atom stereocenters. The molecule has 3 aromatic rings. The van der Waals surface area contributed by atoms with Crippen molar-refractivity contribution in [3.8, 4) is 5.75 Å². The van der Waals surface area contributed by atoms with Crippen molar-refractivity contribution in [2.24, 2.45) is 22.2 Å². The van der Waals surface area contributed by atoms with E-state index in [1.165, 1.54) is 17.0 Å². The Balaban J connectivity index is 1.93. The first kappa shape index (κ1) is 22.6. The number of phenols is 1. The second-order valence-corrected chi connectivity index (χ2v) is 7.53. The van der Waals surface area contributed by atoms with Gasteiger partial charge in [-0.1, -0.05) is 42.5 Å². The average molecular weight is 434 g/mol. The van der Waals surface area contributed by atoms with E-state index in [1.54, 1.807) is 24.3 Å². The van der Waals surface area contributed by atoms with Crippen molar-refractivity contribution >= 4 is 28.5 Å². The molecule has 3 aromatic carbocycles. The average Bonchev–Trinajstić information content (AvgIpc) is 2.78. The second-order valence-electron chi connectivity index (χ2n) is 7.53. The van der Waals surface area contributed by atoms with E-state index in [2.05, 4.69) is 4.99 Å². The normalized spacial score (nSPS) is 11.6. The van der Waals surface area contributed by atoms with Crippen LogP contribution in [0.3, 0.4) is 0 Å². The molecular weight excluding hydrogens is 406 g/mol. The molecule has 0 fully saturated rings. The van der Waals surface area contributed by atoms with Gasteiger partial charge in [0, 0.05) is 18.7 Å². The van der Waals surface area contributed by atoms with Crippen LogP contribution in [0.25, 0.3) is 10.8 Å². The monoisotopic (exact) mass is 433 g/mol. The van der Waals surface area contributed by atoms with Crippen molar-refractivity contribution in [1.29, 1.82) is 0 Å². The van der Waals surface area contributed by atoms with Crippen molar-refractivity contribution < 1.29 is 14.7 Å². The van der Waals surface area contributed by atoms with Gasteiger partial charge in [0.25, 0.3) is 5.91 Å². The third-order valence-electron chi connectivity index (χ3n) is 5.18. The van der Waals surface area contributed by atoms with Crippen molar-refractivity contribution in [2.75, 3.05) is 6.54 Å². The summed E-state index contributed by atoms with van der Waals surface area (Å²) in [6, 6.07) is 18.8. The number of hydrogen-bond donors (Lipinski definition) is 4. The number of fused-ring (bicyclic) bond motifs is 1. The lowest BCUT2D eigenvalue weighted by Crippen LogP contribution is -2.47. The van der Waals surface area contributed by atoms with Crippen LogP contribution < -0.4 is 17.2 Å². The number of aliphatic imine (C=N–C) groups is 1. The first-order valence-corrected chi connectivity index (χ1v) is 10.3. The summed E-state index contributed by atoms with van der Waals surface area (Å²) >= 11 is 0. The predicted octanol–water partition coefficient (Wildman–Crippen LogP) is 2.10. The summed E-state index contributed by atoms with van der Waals surface area (Å²) in [5.41, 5.74) is 17.6. The number of guanidine groups is 1. The van der Waals surface area contributed by atoms with E-state index in [0.29, 0.717) is 24.9 Å². The molecular formula is C24H27N5O3. The van der Waals surface area contributed by atoms with E-state index in [1.807, 2.05) is 30.3 Å². The highest BCUT2D eigenvalue weighted by Gasteiger charge is 2.29. The molecule has 8 nitrogen and oxygen atoms in total. The summed E-state index contributed by atoms with van der Waals surface area (Å²) in [6.07, 6.45) is 0.784. The largest absolute Gasteiger partial charge is 0.508 e. The first-order valence-electron chi connectivity index (χ1n) is 10.3. The van der Waals surface area contributed by atoms with Crippen LogP contribution >= 0.6 is 0 Å². The van der Waals surface area contributed by atoms with Gasteiger partial charge in [0.15, 0.2) is 5.96 Å². The number of carbonyl (C=O) groups is 2. The fraction of sp³-hybridized carbons (Fsp3) is 0.208. The van der Waals surface area contributed by atoms with Gasteiger partial charge in [0.2, 0.25) is 5.91 Å². The minimum atomic E-state index is -0.850. The summed E-state index contributed by atoms with van der Waals surface area (Å²) in [7, 11) is 0. The number of amides is 2. The fourth-order valence-corrected chi connectivity index (χ4v) is 3.55. The van der Waals surface area contributed by atoms with E-state index < -0.39 is 11.9 Å². The minimum absolute atomic E-state index is 0.0335. The number of primary amides is 1. The Hall–Kier alpha value is -4.07. The molecule has 3 rings (SSSR count). The molecule has 7 N–H and O–H groups in total. The molecule has 0 aliphatic carbocycles. The van der Waals surface area contributed by atoms with Gasteiger partial charge in [0.1, 0.15) is 11.8 Å². The number of hydrogen-bond acceptors (Lipinski definition) is 4. The van der Waals surface area contributed by atoms with Crippen LogP contribution in [0.1, 0.15) is 28.8 Å². The standard InChI is InChI=1S/C24H27N5O3/c25-22(31)21(6-3-13-28-24(26)27)29(15-16-7-11-20(30)12-8-16)23(32)19-10-9-17-4-1-2-5-18(17)14-19/h1-2,4-5,7-12,14,21,30H,3,6,13,15H2,(H2,25,31)(H4,26,27,28)/t21-/m1/s1. The number of nitrogens with zero attached hydrogens (tertiary/aromatic N) is 2. The lowest BCUT2D eigenvalue weighted by molar-refractivity contribution is -0.122. The number of nitrogens with two attached hydrogens (primary N) is 3. The van der Waals surface area contributed by atoms with Crippen LogP contribution in [0.5, 0.6) is 5.75 Å². The smallest absolute Gasteiger partial charge is 0.254 e. The van der Waals surface area contributed by atoms with Gasteiger partial charge in [-0.2, -0.15) is 0 Å². The number of phenolic OH excluding ortho intramolecular Hbond substituents is 1. The zero-order valence-electron chi connectivity index (χ0n) is 17.6. The van der Waals surface area contributed by atoms with Gasteiger partial charge in [-0.25, -0.2) is 0 Å². The molecule has 0 aliphatic rings. The molecule has 0 spiro atoms. The summed E-state index contributed by atoms with van der Waals surface area (Å²) in [6.45, 7) is 0.477. The molecule has 32 heavy (non-hydrogen) atoms. The molecule has 0 aromatic heterocycles. The molecule has 166 valence electrons. The molecule has 0 aliphatic heterocycles. The first-order chi connectivity index (χ1) is 15.3. The number of benzene rings is 3. The summed E-state index contributed by atoms with van der Waals surface area (Å²) < 4.78 is 0. The lowest BCUT2D eigenvalue weighted by Gasteiger charge is -2.30. The molecule has 0 radical (unpaired) electrons. The third-order valence-corrected chi connectivity index (χ3v) is 5.18. The van der Waals surface area contributed by atoms with Gasteiger partial charge in [-0.3, -0.25) is 14.6 Å². The van der Waals surface area contributed by atoms with Crippen LogP contribution in [0.2, 0.25) is 0 Å². The predicted molar refractivity (Wildman–Crippen MR) is 125 cm³/mol. The zero-order chi connectivity index (χ0) is 23.1. The van der Waals surface area contributed by atoms with Crippen molar-refractivity contribution in [3.63, 3.8) is 0 Å². The van der Waals surface area contributed by atoms with Crippen molar-refractivity contribution in [1.82, 2.24) is 4.90 Å². The Morgan fingerprint density at radius 2 is 1.62 bits per heavy atom. The quantitative estimate of drug-likeness (QED) is 0.232. The molecule has 0 bridgehead atoms. The molecule has 0 unspecified atom stereocenters. The van der Waals surface area contributed by atoms with Gasteiger partial charge in [0.05, 0.1) is 0 Å². The molecule has 0 saturated heterocycles. The Kier molecular flexibility index (Phi) is 7.28. The van der Waals surface area contributed by atoms with E-state index >= 15 is 0 Å². The maximum Gasteiger partial charge on any atom is 0.254 e. The van der Waals surface area contributed by atoms with Gasteiger partial charge in [-0.05, 0) is 53.4 Å². The Bertz CT molecular complexity index is 1120. The van der Waals surface area contributed by atoms with E-state index in [9.17, 15) is 14.7 Å². The maximum absolute atomic E-state index is 13.5. The number of rotatable bonds is 9. The second kappa shape index (κ2) is 10.3. The highest BCUT2D eigenvalue weighted by atomic mass is 16.3. The van der Waals surface area contributed by atoms with Crippen LogP contribution in [-0.2, 0) is 11.3 Å². The lowest BCUT2D eigenvalue weighted by atomic mass is 10.0. The van der Waals surface area contributed by atoms with Crippen LogP contribution in [0.4, 0.5) is 0 Å². The molecule has 0 heterocycles. The van der Waals surface area contributed by atoms with Crippen molar-refractivity contribution in [3.05, 3.63) is 77.9 Å². The van der Waals surface area contributed by atoms with E-state index in [0.717, 1.165) is 16.3 Å². The van der Waals surface area contributed by atoms with E-state index in [4.69, 9.17) is 17.2 Å². The topological polar surface area (TPSA) is 148 Å². The Morgan fingerprint density at radius 3 is 2.28 bits per heavy atom. The number of aromatic hydroxyl groups is 1. The van der Waals surface area contributed by atoms with Crippen LogP contribution in [-0.4, -0.2) is 40.4 Å². The summed E-state index contributed by atoms with van der Waals surface area (Å²) in [5.74, 6) is -0.837. The van der Waals surface area contributed by atoms with Crippen LogP contribution in [0.15, 0.2) is 71.7 Å². The zero-order valence-corrected chi connectivity index (χ0v) is 17.6. The third kappa shape index (κ3) is 5.75. The van der Waals surface area contributed by atoms with Crippen LogP contribution in [0, 0.1) is 0 Å². The van der Waals surface area contributed by atoms with Gasteiger partial charge < -0.3 is 27.2 Å². The maximum atomic E-state index is 13.5. The Morgan fingerprint density at radius 1 is 0.938 bits per heavy atom. The number of carbonyl (C=O) groups excluding carboxylic acids is 2. The fourth-order valence-electron chi connectivity index (χ4n) is 3.55. The van der Waals surface area contributed by atoms with E-state index in [-0.39, 0.29) is 24.2 Å². The molecule has 0 saturated carbocycles.